The third kappa shape index (κ3) is 3.58. The van der Waals surface area contributed by atoms with Gasteiger partial charge in [-0.1, -0.05) is 32.9 Å². The number of nitrogens with one attached hydrogen (secondary N) is 1. The van der Waals surface area contributed by atoms with Crippen LogP contribution in [0.25, 0.3) is 0 Å². The van der Waals surface area contributed by atoms with Crippen molar-refractivity contribution in [1.29, 1.82) is 0 Å². The van der Waals surface area contributed by atoms with Gasteiger partial charge in [-0.15, -0.1) is 0 Å². The van der Waals surface area contributed by atoms with Crippen LogP contribution in [-0.4, -0.2) is 30.9 Å². The Bertz CT molecular complexity index is 482. The van der Waals surface area contributed by atoms with E-state index in [0.717, 1.165) is 11.3 Å². The van der Waals surface area contributed by atoms with Crippen LogP contribution >= 0.6 is 0 Å². The zero-order valence-electron chi connectivity index (χ0n) is 14.0. The lowest BCUT2D eigenvalue weighted by Gasteiger charge is -2.32. The average molecular weight is 291 g/mol. The summed E-state index contributed by atoms with van der Waals surface area (Å²) in [6.07, 6.45) is 2.35. The van der Waals surface area contributed by atoms with E-state index in [-0.39, 0.29) is 17.6 Å². The first-order chi connectivity index (χ1) is 9.82. The topological polar surface area (TPSA) is 41.5 Å². The number of rotatable bonds is 6. The number of hydrogen-bond acceptors (Lipinski definition) is 3. The van der Waals surface area contributed by atoms with Crippen molar-refractivity contribution in [3.8, 4) is 5.75 Å². The Balaban J connectivity index is 2.09. The molecule has 1 fully saturated rings. The Morgan fingerprint density at radius 3 is 2.38 bits per heavy atom. The van der Waals surface area contributed by atoms with Gasteiger partial charge >= 0.3 is 0 Å². The van der Waals surface area contributed by atoms with E-state index in [0.29, 0.717) is 12.5 Å². The van der Waals surface area contributed by atoms with Gasteiger partial charge in [0.2, 0.25) is 0 Å². The normalized spacial score (nSPS) is 18.4. The summed E-state index contributed by atoms with van der Waals surface area (Å²) in [6, 6.07) is 6.40. The highest BCUT2D eigenvalue weighted by molar-refractivity contribution is 5.38. The van der Waals surface area contributed by atoms with Gasteiger partial charge in [0.15, 0.2) is 0 Å². The van der Waals surface area contributed by atoms with Crippen LogP contribution in [0.5, 0.6) is 5.75 Å². The Morgan fingerprint density at radius 1 is 1.29 bits per heavy atom. The lowest BCUT2D eigenvalue weighted by atomic mass is 9.86. The Morgan fingerprint density at radius 2 is 1.95 bits per heavy atom. The molecule has 0 aromatic heterocycles. The molecule has 0 bridgehead atoms. The van der Waals surface area contributed by atoms with Gasteiger partial charge in [0.05, 0.1) is 12.1 Å². The van der Waals surface area contributed by atoms with E-state index in [4.69, 9.17) is 4.74 Å². The summed E-state index contributed by atoms with van der Waals surface area (Å²) >= 11 is 0. The summed E-state index contributed by atoms with van der Waals surface area (Å²) < 4.78 is 6.03. The number of hydrogen-bond donors (Lipinski definition) is 2. The quantitative estimate of drug-likeness (QED) is 0.846. The second-order valence-electron chi connectivity index (χ2n) is 7.36. The molecule has 0 saturated heterocycles. The molecule has 0 amide bonds. The maximum atomic E-state index is 9.74. The molecule has 0 aliphatic heterocycles. The molecule has 2 N–H and O–H groups in total. The summed E-state index contributed by atoms with van der Waals surface area (Å²) in [5.41, 5.74) is 2.32. The van der Waals surface area contributed by atoms with Crippen LogP contribution in [0.1, 0.15) is 44.7 Å². The maximum Gasteiger partial charge on any atom is 0.122 e. The molecule has 0 radical (unpaired) electrons. The minimum atomic E-state index is -0.296. The molecule has 1 atom stereocenters. The third-order valence-corrected chi connectivity index (χ3v) is 4.67. The molecule has 21 heavy (non-hydrogen) atoms. The van der Waals surface area contributed by atoms with Gasteiger partial charge in [-0.25, -0.2) is 0 Å². The number of aryl methyl sites for hydroxylation is 1. The monoisotopic (exact) mass is 291 g/mol. The molecule has 0 spiro atoms. The second kappa shape index (κ2) is 5.98. The lowest BCUT2D eigenvalue weighted by molar-refractivity contribution is 0.0911. The lowest BCUT2D eigenvalue weighted by Crippen LogP contribution is -2.53. The second-order valence-corrected chi connectivity index (χ2v) is 7.36. The highest BCUT2D eigenvalue weighted by atomic mass is 16.5. The first kappa shape index (κ1) is 16.3. The predicted octanol–water partition coefficient (Wildman–Crippen LogP) is 3.03. The maximum absolute atomic E-state index is 9.74. The van der Waals surface area contributed by atoms with Gasteiger partial charge in [0.1, 0.15) is 12.4 Å². The van der Waals surface area contributed by atoms with E-state index in [1.807, 2.05) is 7.05 Å². The van der Waals surface area contributed by atoms with Gasteiger partial charge in [0, 0.05) is 0 Å². The number of aliphatic hydroxyl groups excluding tert-OH is 1. The van der Waals surface area contributed by atoms with Gasteiger partial charge in [-0.3, -0.25) is 0 Å². The summed E-state index contributed by atoms with van der Waals surface area (Å²) in [6.45, 7) is 9.36. The first-order valence-corrected chi connectivity index (χ1v) is 7.86. The van der Waals surface area contributed by atoms with E-state index in [9.17, 15) is 5.11 Å². The summed E-state index contributed by atoms with van der Waals surface area (Å²) in [7, 11) is 1.91. The van der Waals surface area contributed by atoms with E-state index in [1.54, 1.807) is 0 Å². The van der Waals surface area contributed by atoms with Crippen molar-refractivity contribution < 1.29 is 9.84 Å². The molecule has 1 saturated carbocycles. The molecule has 1 aromatic rings. The highest BCUT2D eigenvalue weighted by Gasteiger charge is 2.44. The van der Waals surface area contributed by atoms with Crippen LogP contribution in [0.4, 0.5) is 0 Å². The van der Waals surface area contributed by atoms with Crippen molar-refractivity contribution in [2.24, 2.45) is 5.92 Å². The minimum Gasteiger partial charge on any atom is -0.491 e. The molecule has 3 nitrogen and oxygen atoms in total. The minimum absolute atomic E-state index is 0.118. The fraction of sp³-hybridized carbons (Fsp3) is 0.667. The van der Waals surface area contributed by atoms with Crippen molar-refractivity contribution in [2.75, 3.05) is 20.3 Å². The molecular formula is C18H29NO2. The first-order valence-electron chi connectivity index (χ1n) is 7.86. The summed E-state index contributed by atoms with van der Waals surface area (Å²) in [5, 5.41) is 13.0. The Labute approximate surface area is 128 Å². The zero-order valence-corrected chi connectivity index (χ0v) is 14.0. The molecule has 1 aliphatic carbocycles. The summed E-state index contributed by atoms with van der Waals surface area (Å²) in [5.74, 6) is 1.44. The van der Waals surface area contributed by atoms with Crippen molar-refractivity contribution in [1.82, 2.24) is 5.32 Å². The number of aliphatic hydroxyl groups is 1. The molecule has 118 valence electrons. The molecule has 1 aromatic carbocycles. The Kier molecular flexibility index (Phi) is 4.64. The van der Waals surface area contributed by atoms with Crippen LogP contribution in [0, 0.1) is 12.8 Å². The van der Waals surface area contributed by atoms with E-state index >= 15 is 0 Å². The van der Waals surface area contributed by atoms with Crippen LogP contribution in [0.15, 0.2) is 18.2 Å². The third-order valence-electron chi connectivity index (χ3n) is 4.67. The highest BCUT2D eigenvalue weighted by Crippen LogP contribution is 2.40. The zero-order chi connectivity index (χ0) is 15.7. The van der Waals surface area contributed by atoms with Crippen LogP contribution < -0.4 is 10.1 Å². The van der Waals surface area contributed by atoms with Gasteiger partial charge in [-0.2, -0.15) is 0 Å². The van der Waals surface area contributed by atoms with E-state index in [2.05, 4.69) is 51.2 Å². The standard InChI is InChI=1S/C18H29NO2/c1-13-10-15(17(2,3)4)8-9-16(13)21-12-18(11-20,19-5)14-6-7-14/h8-10,14,19-20H,6-7,11-12H2,1-5H3. The Hall–Kier alpha value is -1.06. The van der Waals surface area contributed by atoms with E-state index < -0.39 is 0 Å². The van der Waals surface area contributed by atoms with E-state index in [1.165, 1.54) is 18.4 Å². The summed E-state index contributed by atoms with van der Waals surface area (Å²) in [4.78, 5) is 0. The number of likely N-dealkylation sites (N-methyl/N-ethyl adjacent to an activating group) is 1. The van der Waals surface area contributed by atoms with Gasteiger partial charge in [-0.05, 0) is 55.3 Å². The van der Waals surface area contributed by atoms with Crippen molar-refractivity contribution >= 4 is 0 Å². The molecule has 3 heteroatoms. The molecule has 0 heterocycles. The fourth-order valence-electron chi connectivity index (χ4n) is 2.77. The average Bonchev–Trinajstić information content (AvgIpc) is 3.26. The van der Waals surface area contributed by atoms with Crippen LogP contribution in [0.3, 0.4) is 0 Å². The predicted molar refractivity (Wildman–Crippen MR) is 87.0 cm³/mol. The SMILES string of the molecule is CNC(CO)(COc1ccc(C(C)(C)C)cc1C)C1CC1. The molecule has 1 unspecified atom stereocenters. The van der Waals surface area contributed by atoms with Crippen LogP contribution in [0.2, 0.25) is 0 Å². The van der Waals surface area contributed by atoms with Crippen LogP contribution in [-0.2, 0) is 5.41 Å². The van der Waals surface area contributed by atoms with Crippen molar-refractivity contribution in [2.45, 2.75) is 51.5 Å². The molecule has 1 aliphatic rings. The fourth-order valence-corrected chi connectivity index (χ4v) is 2.77. The number of ether oxygens (including phenoxy) is 1. The van der Waals surface area contributed by atoms with Gasteiger partial charge in [0.25, 0.3) is 0 Å². The number of benzene rings is 1. The smallest absolute Gasteiger partial charge is 0.122 e. The van der Waals surface area contributed by atoms with Gasteiger partial charge < -0.3 is 15.2 Å². The largest absolute Gasteiger partial charge is 0.491 e. The molecular weight excluding hydrogens is 262 g/mol. The van der Waals surface area contributed by atoms with Crippen molar-refractivity contribution in [3.63, 3.8) is 0 Å². The molecule has 2 rings (SSSR count). The van der Waals surface area contributed by atoms with Crippen molar-refractivity contribution in [3.05, 3.63) is 29.3 Å².